The van der Waals surface area contributed by atoms with Crippen molar-refractivity contribution in [1.29, 1.82) is 0 Å². The Morgan fingerprint density at radius 2 is 1.79 bits per heavy atom. The van der Waals surface area contributed by atoms with Crippen molar-refractivity contribution in [3.63, 3.8) is 0 Å². The van der Waals surface area contributed by atoms with Crippen molar-refractivity contribution in [2.45, 2.75) is 0 Å². The van der Waals surface area contributed by atoms with E-state index in [1.165, 1.54) is 18.2 Å². The molecule has 0 unspecified atom stereocenters. The summed E-state index contributed by atoms with van der Waals surface area (Å²) in [6.45, 7) is 0. The smallest absolute Gasteiger partial charge is 0.255 e. The molecular weight excluding hydrogens is 373 g/mol. The third kappa shape index (κ3) is 4.17. The minimum absolute atomic E-state index is 0.333. The number of rotatable bonds is 4. The van der Waals surface area contributed by atoms with Gasteiger partial charge in [-0.3, -0.25) is 4.79 Å². The summed E-state index contributed by atoms with van der Waals surface area (Å²) < 4.78 is 14.1. The Morgan fingerprint density at radius 1 is 1.00 bits per heavy atom. The molecule has 4 nitrogen and oxygen atoms in total. The molecule has 3 rings (SSSR count). The molecule has 0 saturated carbocycles. The van der Waals surface area contributed by atoms with E-state index in [9.17, 15) is 9.18 Å². The number of hydrogen-bond acceptors (Lipinski definition) is 3. The molecule has 120 valence electrons. The molecule has 3 aromatic rings. The average molecular weight is 386 g/mol. The Kier molecular flexibility index (Phi) is 4.86. The first-order chi connectivity index (χ1) is 11.6. The SMILES string of the molecule is O=C(Nc1cccc(F)c1)c1ccnc(Nc2cccc(Br)c2)c1. The van der Waals surface area contributed by atoms with Crippen molar-refractivity contribution >= 4 is 39.0 Å². The molecule has 24 heavy (non-hydrogen) atoms. The van der Waals surface area contributed by atoms with Crippen LogP contribution < -0.4 is 10.6 Å². The summed E-state index contributed by atoms with van der Waals surface area (Å²) in [4.78, 5) is 16.5. The Bertz CT molecular complexity index is 885. The standard InChI is InChI=1S/C18H13BrFN3O/c19-13-3-1-5-15(10-13)22-17-9-12(7-8-21-17)18(24)23-16-6-2-4-14(20)11-16/h1-11H,(H,21,22)(H,23,24). The lowest BCUT2D eigenvalue weighted by molar-refractivity contribution is 0.102. The van der Waals surface area contributed by atoms with E-state index in [1.54, 1.807) is 24.4 Å². The number of aromatic nitrogens is 1. The molecule has 2 N–H and O–H groups in total. The van der Waals surface area contributed by atoms with E-state index < -0.39 is 5.82 Å². The van der Waals surface area contributed by atoms with Crippen LogP contribution in [-0.2, 0) is 0 Å². The first-order valence-electron chi connectivity index (χ1n) is 7.16. The van der Waals surface area contributed by atoms with Gasteiger partial charge in [0.05, 0.1) is 0 Å². The lowest BCUT2D eigenvalue weighted by Crippen LogP contribution is -2.12. The van der Waals surface area contributed by atoms with Crippen LogP contribution in [0.5, 0.6) is 0 Å². The van der Waals surface area contributed by atoms with Crippen molar-refractivity contribution in [1.82, 2.24) is 4.98 Å². The van der Waals surface area contributed by atoms with Crippen LogP contribution >= 0.6 is 15.9 Å². The van der Waals surface area contributed by atoms with Gasteiger partial charge in [-0.25, -0.2) is 9.37 Å². The van der Waals surface area contributed by atoms with E-state index in [4.69, 9.17) is 0 Å². The van der Waals surface area contributed by atoms with Crippen LogP contribution in [-0.4, -0.2) is 10.9 Å². The number of amides is 1. The van der Waals surface area contributed by atoms with Gasteiger partial charge in [0, 0.05) is 27.6 Å². The zero-order chi connectivity index (χ0) is 16.9. The van der Waals surface area contributed by atoms with Crippen molar-refractivity contribution < 1.29 is 9.18 Å². The van der Waals surface area contributed by atoms with Crippen LogP contribution in [0.15, 0.2) is 71.3 Å². The van der Waals surface area contributed by atoms with Gasteiger partial charge < -0.3 is 10.6 Å². The number of nitrogens with one attached hydrogen (secondary N) is 2. The van der Waals surface area contributed by atoms with Gasteiger partial charge in [-0.15, -0.1) is 0 Å². The predicted octanol–water partition coefficient (Wildman–Crippen LogP) is 4.98. The molecule has 0 aliphatic carbocycles. The summed E-state index contributed by atoms with van der Waals surface area (Å²) in [6.07, 6.45) is 1.54. The number of carbonyl (C=O) groups excluding carboxylic acids is 1. The third-order valence-electron chi connectivity index (χ3n) is 3.20. The number of benzene rings is 2. The van der Waals surface area contributed by atoms with Gasteiger partial charge in [0.1, 0.15) is 11.6 Å². The van der Waals surface area contributed by atoms with E-state index in [2.05, 4.69) is 31.5 Å². The molecule has 0 atom stereocenters. The van der Waals surface area contributed by atoms with Gasteiger partial charge in [0.25, 0.3) is 5.91 Å². The van der Waals surface area contributed by atoms with Crippen LogP contribution in [0.25, 0.3) is 0 Å². The maximum Gasteiger partial charge on any atom is 0.255 e. The lowest BCUT2D eigenvalue weighted by Gasteiger charge is -2.09. The van der Waals surface area contributed by atoms with Gasteiger partial charge >= 0.3 is 0 Å². The lowest BCUT2D eigenvalue weighted by atomic mass is 10.2. The maximum absolute atomic E-state index is 13.2. The van der Waals surface area contributed by atoms with E-state index >= 15 is 0 Å². The molecule has 0 aliphatic rings. The maximum atomic E-state index is 13.2. The minimum Gasteiger partial charge on any atom is -0.340 e. The van der Waals surface area contributed by atoms with Crippen LogP contribution in [0, 0.1) is 5.82 Å². The molecule has 1 amide bonds. The second kappa shape index (κ2) is 7.23. The summed E-state index contributed by atoms with van der Waals surface area (Å²) in [5, 5.41) is 5.79. The third-order valence-corrected chi connectivity index (χ3v) is 3.69. The molecular formula is C18H13BrFN3O. The Morgan fingerprint density at radius 3 is 2.58 bits per heavy atom. The van der Waals surface area contributed by atoms with Crippen LogP contribution in [0.3, 0.4) is 0 Å². The van der Waals surface area contributed by atoms with Crippen LogP contribution in [0.2, 0.25) is 0 Å². The molecule has 0 fully saturated rings. The van der Waals surface area contributed by atoms with Gasteiger partial charge in [-0.05, 0) is 48.5 Å². The summed E-state index contributed by atoms with van der Waals surface area (Å²) in [5.41, 5.74) is 1.67. The Labute approximate surface area is 146 Å². The molecule has 1 heterocycles. The van der Waals surface area contributed by atoms with Crippen molar-refractivity contribution in [2.24, 2.45) is 0 Å². The normalized spacial score (nSPS) is 10.2. The van der Waals surface area contributed by atoms with Crippen molar-refractivity contribution in [3.05, 3.63) is 82.7 Å². The number of nitrogens with zero attached hydrogens (tertiary/aromatic N) is 1. The fourth-order valence-electron chi connectivity index (χ4n) is 2.12. The zero-order valence-corrected chi connectivity index (χ0v) is 14.0. The second-order valence-corrected chi connectivity index (χ2v) is 5.95. The molecule has 1 aromatic heterocycles. The Hall–Kier alpha value is -2.73. The molecule has 0 spiro atoms. The van der Waals surface area contributed by atoms with Gasteiger partial charge in [0.15, 0.2) is 0 Å². The molecule has 0 radical (unpaired) electrons. The second-order valence-electron chi connectivity index (χ2n) is 5.03. The van der Waals surface area contributed by atoms with E-state index in [0.29, 0.717) is 17.1 Å². The van der Waals surface area contributed by atoms with Gasteiger partial charge in [-0.1, -0.05) is 28.1 Å². The number of carbonyl (C=O) groups is 1. The topological polar surface area (TPSA) is 54.0 Å². The van der Waals surface area contributed by atoms with Crippen molar-refractivity contribution in [2.75, 3.05) is 10.6 Å². The summed E-state index contributed by atoms with van der Waals surface area (Å²) in [5.74, 6) is -0.195. The highest BCUT2D eigenvalue weighted by Gasteiger charge is 2.08. The van der Waals surface area contributed by atoms with Crippen molar-refractivity contribution in [3.8, 4) is 0 Å². The first-order valence-corrected chi connectivity index (χ1v) is 7.95. The highest BCUT2D eigenvalue weighted by molar-refractivity contribution is 9.10. The van der Waals surface area contributed by atoms with E-state index in [0.717, 1.165) is 10.2 Å². The zero-order valence-electron chi connectivity index (χ0n) is 12.5. The number of pyridine rings is 1. The minimum atomic E-state index is -0.403. The summed E-state index contributed by atoms with van der Waals surface area (Å²) in [6, 6.07) is 16.6. The van der Waals surface area contributed by atoms with Gasteiger partial charge in [-0.2, -0.15) is 0 Å². The number of halogens is 2. The van der Waals surface area contributed by atoms with Gasteiger partial charge in [0.2, 0.25) is 0 Å². The monoisotopic (exact) mass is 385 g/mol. The molecule has 0 aliphatic heterocycles. The number of hydrogen-bond donors (Lipinski definition) is 2. The predicted molar refractivity (Wildman–Crippen MR) is 96.0 cm³/mol. The Balaban J connectivity index is 1.76. The molecule has 0 bridgehead atoms. The highest BCUT2D eigenvalue weighted by atomic mass is 79.9. The first kappa shape index (κ1) is 16.1. The van der Waals surface area contributed by atoms with Crippen LogP contribution in [0.1, 0.15) is 10.4 Å². The quantitative estimate of drug-likeness (QED) is 0.665. The fraction of sp³-hybridized carbons (Fsp3) is 0. The molecule has 0 saturated heterocycles. The largest absolute Gasteiger partial charge is 0.340 e. The highest BCUT2D eigenvalue weighted by Crippen LogP contribution is 2.20. The molecule has 6 heteroatoms. The summed E-state index contributed by atoms with van der Waals surface area (Å²) in [7, 11) is 0. The van der Waals surface area contributed by atoms with E-state index in [1.807, 2.05) is 24.3 Å². The molecule has 2 aromatic carbocycles. The van der Waals surface area contributed by atoms with Crippen LogP contribution in [0.4, 0.5) is 21.6 Å². The summed E-state index contributed by atoms with van der Waals surface area (Å²) >= 11 is 3.40. The average Bonchev–Trinajstić information content (AvgIpc) is 2.55. The number of anilines is 3. The fourth-order valence-corrected chi connectivity index (χ4v) is 2.52. The van der Waals surface area contributed by atoms with E-state index in [-0.39, 0.29) is 5.91 Å².